The van der Waals surface area contributed by atoms with E-state index in [9.17, 15) is 0 Å². The maximum atomic E-state index is 4.55. The Morgan fingerprint density at radius 3 is 1.59 bits per heavy atom. The fourth-order valence-corrected chi connectivity index (χ4v) is 1.89. The van der Waals surface area contributed by atoms with E-state index in [1.807, 2.05) is 6.92 Å². The summed E-state index contributed by atoms with van der Waals surface area (Å²) in [5.41, 5.74) is 0. The van der Waals surface area contributed by atoms with Crippen molar-refractivity contribution in [1.82, 2.24) is 15.0 Å². The van der Waals surface area contributed by atoms with E-state index in [-0.39, 0.29) is 0 Å². The zero-order valence-electron chi connectivity index (χ0n) is 11.5. The first-order valence-corrected chi connectivity index (χ1v) is 6.96. The van der Waals surface area contributed by atoms with E-state index >= 15 is 0 Å². The summed E-state index contributed by atoms with van der Waals surface area (Å²) in [5, 5.41) is 0. The van der Waals surface area contributed by atoms with E-state index in [1.165, 1.54) is 38.5 Å². The van der Waals surface area contributed by atoms with Gasteiger partial charge in [0.2, 0.25) is 0 Å². The number of aryl methyl sites for hydroxylation is 3. The Balaban J connectivity index is 2.53. The molecular formula is C14H25N3. The molecule has 3 heteroatoms. The highest BCUT2D eigenvalue weighted by Crippen LogP contribution is 2.06. The summed E-state index contributed by atoms with van der Waals surface area (Å²) in [6, 6.07) is 0. The summed E-state index contributed by atoms with van der Waals surface area (Å²) in [6.45, 7) is 6.40. The third-order valence-corrected chi connectivity index (χ3v) is 2.85. The molecule has 1 heterocycles. The topological polar surface area (TPSA) is 38.7 Å². The van der Waals surface area contributed by atoms with Gasteiger partial charge in [-0.1, -0.05) is 39.5 Å². The smallest absolute Gasteiger partial charge is 0.132 e. The van der Waals surface area contributed by atoms with Crippen LogP contribution in [0.5, 0.6) is 0 Å². The second-order valence-electron chi connectivity index (χ2n) is 4.63. The Bertz CT molecular complexity index is 295. The number of hydrogen-bond donors (Lipinski definition) is 0. The summed E-state index contributed by atoms with van der Waals surface area (Å²) < 4.78 is 0. The molecule has 1 aromatic rings. The van der Waals surface area contributed by atoms with Gasteiger partial charge in [0.25, 0.3) is 0 Å². The molecule has 0 aliphatic rings. The molecule has 0 amide bonds. The van der Waals surface area contributed by atoms with Crippen LogP contribution < -0.4 is 0 Å². The highest BCUT2D eigenvalue weighted by molar-refractivity contribution is 4.96. The van der Waals surface area contributed by atoms with Crippen LogP contribution in [0.2, 0.25) is 0 Å². The summed E-state index contributed by atoms with van der Waals surface area (Å²) in [7, 11) is 0. The predicted molar refractivity (Wildman–Crippen MR) is 71.0 cm³/mol. The van der Waals surface area contributed by atoms with Crippen molar-refractivity contribution in [2.45, 2.75) is 72.1 Å². The minimum atomic E-state index is 0.873. The molecule has 1 rings (SSSR count). The monoisotopic (exact) mass is 235 g/mol. The average molecular weight is 235 g/mol. The van der Waals surface area contributed by atoms with E-state index in [0.717, 1.165) is 30.3 Å². The molecule has 0 unspecified atom stereocenters. The maximum Gasteiger partial charge on any atom is 0.132 e. The van der Waals surface area contributed by atoms with Crippen LogP contribution in [0.1, 0.15) is 69.8 Å². The Labute approximate surface area is 105 Å². The van der Waals surface area contributed by atoms with E-state index in [1.54, 1.807) is 0 Å². The fraction of sp³-hybridized carbons (Fsp3) is 0.786. The Hall–Kier alpha value is -0.990. The molecule has 3 nitrogen and oxygen atoms in total. The second kappa shape index (κ2) is 8.15. The molecule has 0 aliphatic carbocycles. The molecule has 0 spiro atoms. The van der Waals surface area contributed by atoms with Gasteiger partial charge in [0.1, 0.15) is 17.5 Å². The van der Waals surface area contributed by atoms with E-state index < -0.39 is 0 Å². The normalized spacial score (nSPS) is 10.8. The minimum Gasteiger partial charge on any atom is -0.218 e. The lowest BCUT2D eigenvalue weighted by Gasteiger charge is -2.04. The van der Waals surface area contributed by atoms with Crippen molar-refractivity contribution in [1.29, 1.82) is 0 Å². The zero-order valence-corrected chi connectivity index (χ0v) is 11.5. The molecule has 0 saturated carbocycles. The average Bonchev–Trinajstić information content (AvgIpc) is 2.29. The second-order valence-corrected chi connectivity index (χ2v) is 4.63. The number of hydrogen-bond acceptors (Lipinski definition) is 3. The fourth-order valence-electron chi connectivity index (χ4n) is 1.89. The van der Waals surface area contributed by atoms with E-state index in [4.69, 9.17) is 0 Å². The van der Waals surface area contributed by atoms with Gasteiger partial charge in [0, 0.05) is 12.8 Å². The summed E-state index contributed by atoms with van der Waals surface area (Å²) in [5.74, 6) is 2.84. The molecule has 0 N–H and O–H groups in total. The number of rotatable bonds is 8. The van der Waals surface area contributed by atoms with Gasteiger partial charge in [-0.05, 0) is 19.8 Å². The molecule has 0 atom stereocenters. The van der Waals surface area contributed by atoms with Crippen LogP contribution in [0.25, 0.3) is 0 Å². The minimum absolute atomic E-state index is 0.873. The molecule has 0 aromatic carbocycles. The van der Waals surface area contributed by atoms with Crippen molar-refractivity contribution in [3.05, 3.63) is 17.5 Å². The molecule has 17 heavy (non-hydrogen) atoms. The van der Waals surface area contributed by atoms with Gasteiger partial charge in [0.05, 0.1) is 0 Å². The molecule has 0 bridgehead atoms. The number of unbranched alkanes of at least 4 members (excludes halogenated alkanes) is 4. The highest BCUT2D eigenvalue weighted by atomic mass is 15.0. The third-order valence-electron chi connectivity index (χ3n) is 2.85. The lowest BCUT2D eigenvalue weighted by Crippen LogP contribution is -2.05. The summed E-state index contributed by atoms with van der Waals surface area (Å²) >= 11 is 0. The first kappa shape index (κ1) is 14.1. The third kappa shape index (κ3) is 5.76. The first-order chi connectivity index (χ1) is 8.26. The van der Waals surface area contributed by atoms with Crippen molar-refractivity contribution in [3.63, 3.8) is 0 Å². The molecule has 0 saturated heterocycles. The Morgan fingerprint density at radius 2 is 1.18 bits per heavy atom. The van der Waals surface area contributed by atoms with Gasteiger partial charge in [0.15, 0.2) is 0 Å². The lowest BCUT2D eigenvalue weighted by molar-refractivity contribution is 0.653. The van der Waals surface area contributed by atoms with Crippen LogP contribution in [-0.2, 0) is 12.8 Å². The van der Waals surface area contributed by atoms with Crippen LogP contribution in [-0.4, -0.2) is 15.0 Å². The van der Waals surface area contributed by atoms with Gasteiger partial charge < -0.3 is 0 Å². The van der Waals surface area contributed by atoms with E-state index in [2.05, 4.69) is 28.8 Å². The molecule has 0 radical (unpaired) electrons. The van der Waals surface area contributed by atoms with Crippen LogP contribution in [0.15, 0.2) is 0 Å². The molecule has 0 aliphatic heterocycles. The summed E-state index contributed by atoms with van der Waals surface area (Å²) in [4.78, 5) is 13.4. The quantitative estimate of drug-likeness (QED) is 0.646. The SMILES string of the molecule is CCCCCc1nc(C)nc(CCCCC)n1. The maximum absolute atomic E-state index is 4.55. The van der Waals surface area contributed by atoms with Crippen molar-refractivity contribution < 1.29 is 0 Å². The van der Waals surface area contributed by atoms with Gasteiger partial charge in [-0.2, -0.15) is 0 Å². The molecular weight excluding hydrogens is 210 g/mol. The van der Waals surface area contributed by atoms with Crippen LogP contribution in [0.4, 0.5) is 0 Å². The molecule has 0 fully saturated rings. The number of aromatic nitrogens is 3. The van der Waals surface area contributed by atoms with Crippen LogP contribution >= 0.6 is 0 Å². The largest absolute Gasteiger partial charge is 0.218 e. The summed E-state index contributed by atoms with van der Waals surface area (Å²) in [6.07, 6.45) is 9.38. The van der Waals surface area contributed by atoms with Crippen molar-refractivity contribution >= 4 is 0 Å². The molecule has 96 valence electrons. The Kier molecular flexibility index (Phi) is 6.75. The Morgan fingerprint density at radius 1 is 0.706 bits per heavy atom. The van der Waals surface area contributed by atoms with Gasteiger partial charge in [-0.15, -0.1) is 0 Å². The van der Waals surface area contributed by atoms with Crippen LogP contribution in [0, 0.1) is 6.92 Å². The number of nitrogens with zero attached hydrogens (tertiary/aromatic N) is 3. The first-order valence-electron chi connectivity index (χ1n) is 6.96. The van der Waals surface area contributed by atoms with Gasteiger partial charge >= 0.3 is 0 Å². The standard InChI is InChI=1S/C14H25N3/c1-4-6-8-10-13-15-12(3)16-14(17-13)11-9-7-5-2/h4-11H2,1-3H3. The van der Waals surface area contributed by atoms with Crippen molar-refractivity contribution in [2.24, 2.45) is 0 Å². The molecule has 1 aromatic heterocycles. The highest BCUT2D eigenvalue weighted by Gasteiger charge is 2.03. The lowest BCUT2D eigenvalue weighted by atomic mass is 10.2. The predicted octanol–water partition coefficient (Wildman–Crippen LogP) is 3.65. The van der Waals surface area contributed by atoms with Crippen molar-refractivity contribution in [2.75, 3.05) is 0 Å². The van der Waals surface area contributed by atoms with Crippen molar-refractivity contribution in [3.8, 4) is 0 Å². The zero-order chi connectivity index (χ0) is 12.5. The van der Waals surface area contributed by atoms with Gasteiger partial charge in [-0.25, -0.2) is 15.0 Å². The van der Waals surface area contributed by atoms with Crippen LogP contribution in [0.3, 0.4) is 0 Å². The van der Waals surface area contributed by atoms with Gasteiger partial charge in [-0.3, -0.25) is 0 Å². The van der Waals surface area contributed by atoms with E-state index in [0.29, 0.717) is 0 Å².